The van der Waals surface area contributed by atoms with Crippen molar-refractivity contribution in [2.24, 2.45) is 0 Å². The lowest BCUT2D eigenvalue weighted by Crippen LogP contribution is -2.05. The topological polar surface area (TPSA) is 42.2 Å². The predicted molar refractivity (Wildman–Crippen MR) is 85.2 cm³/mol. The Hall–Kier alpha value is -2.12. The molecule has 21 heavy (non-hydrogen) atoms. The summed E-state index contributed by atoms with van der Waals surface area (Å²) in [5.41, 5.74) is 0.517. The molecule has 2 rings (SSSR count). The van der Waals surface area contributed by atoms with Gasteiger partial charge in [0.25, 0.3) is 0 Å². The van der Waals surface area contributed by atoms with Crippen molar-refractivity contribution < 1.29 is 9.47 Å². The van der Waals surface area contributed by atoms with Crippen molar-refractivity contribution in [3.63, 3.8) is 0 Å². The second-order valence-electron chi connectivity index (χ2n) is 4.75. The van der Waals surface area contributed by atoms with E-state index in [9.17, 15) is 0 Å². The third-order valence-electron chi connectivity index (χ3n) is 2.68. The smallest absolute Gasteiger partial charge is 0.132 e. The van der Waals surface area contributed by atoms with Gasteiger partial charge in [-0.2, -0.15) is 5.26 Å². The molecule has 0 fully saturated rings. The van der Waals surface area contributed by atoms with E-state index in [1.165, 1.54) is 4.90 Å². The molecule has 0 saturated heterocycles. The van der Waals surface area contributed by atoms with Gasteiger partial charge in [0, 0.05) is 11.0 Å². The van der Waals surface area contributed by atoms with Gasteiger partial charge in [0.05, 0.1) is 17.7 Å². The van der Waals surface area contributed by atoms with Crippen molar-refractivity contribution in [2.75, 3.05) is 6.26 Å². The Bertz CT molecular complexity index is 645. The summed E-state index contributed by atoms with van der Waals surface area (Å²) >= 11 is 1.68. The summed E-state index contributed by atoms with van der Waals surface area (Å²) in [5, 5.41) is 9.09. The number of rotatable bonds is 5. The fourth-order valence-corrected chi connectivity index (χ4v) is 2.22. The van der Waals surface area contributed by atoms with Crippen molar-refractivity contribution in [3.8, 4) is 23.3 Å². The monoisotopic (exact) mass is 299 g/mol. The third kappa shape index (κ3) is 4.44. The molecule has 0 aromatic heterocycles. The van der Waals surface area contributed by atoms with Gasteiger partial charge in [0.1, 0.15) is 17.2 Å². The van der Waals surface area contributed by atoms with Gasteiger partial charge in [-0.05, 0) is 56.5 Å². The standard InChI is InChI=1S/C17H17NO2S/c1-12(2)19-15-8-13(11-18)9-16(10-15)20-14-4-6-17(21-3)7-5-14/h4-10,12H,1-3H3. The lowest BCUT2D eigenvalue weighted by atomic mass is 10.2. The van der Waals surface area contributed by atoms with Gasteiger partial charge in [-0.25, -0.2) is 0 Å². The van der Waals surface area contributed by atoms with Gasteiger partial charge < -0.3 is 9.47 Å². The number of benzene rings is 2. The highest BCUT2D eigenvalue weighted by molar-refractivity contribution is 7.98. The lowest BCUT2D eigenvalue weighted by Gasteiger charge is -2.12. The van der Waals surface area contributed by atoms with Crippen molar-refractivity contribution in [1.29, 1.82) is 5.26 Å². The molecule has 4 heteroatoms. The van der Waals surface area contributed by atoms with E-state index in [0.717, 1.165) is 5.75 Å². The van der Waals surface area contributed by atoms with Crippen molar-refractivity contribution in [2.45, 2.75) is 24.8 Å². The quantitative estimate of drug-likeness (QED) is 0.739. The van der Waals surface area contributed by atoms with E-state index in [0.29, 0.717) is 17.1 Å². The zero-order valence-corrected chi connectivity index (χ0v) is 13.1. The largest absolute Gasteiger partial charge is 0.491 e. The molecule has 0 amide bonds. The maximum atomic E-state index is 9.09. The maximum absolute atomic E-state index is 9.09. The van der Waals surface area contributed by atoms with Crippen molar-refractivity contribution >= 4 is 11.8 Å². The maximum Gasteiger partial charge on any atom is 0.132 e. The van der Waals surface area contributed by atoms with Gasteiger partial charge in [-0.1, -0.05) is 0 Å². The average Bonchev–Trinajstić information content (AvgIpc) is 2.47. The molecule has 3 nitrogen and oxygen atoms in total. The van der Waals surface area contributed by atoms with Gasteiger partial charge >= 0.3 is 0 Å². The zero-order chi connectivity index (χ0) is 15.2. The second kappa shape index (κ2) is 7.05. The fraction of sp³-hybridized carbons (Fsp3) is 0.235. The molecule has 0 radical (unpaired) electrons. The summed E-state index contributed by atoms with van der Waals surface area (Å²) < 4.78 is 11.4. The molecule has 0 aliphatic carbocycles. The highest BCUT2D eigenvalue weighted by Crippen LogP contribution is 2.29. The van der Waals surface area contributed by atoms with Crippen molar-refractivity contribution in [3.05, 3.63) is 48.0 Å². The van der Waals surface area contributed by atoms with Crippen LogP contribution in [0.4, 0.5) is 0 Å². The average molecular weight is 299 g/mol. The second-order valence-corrected chi connectivity index (χ2v) is 5.63. The summed E-state index contributed by atoms with van der Waals surface area (Å²) in [6, 6.07) is 15.2. The minimum Gasteiger partial charge on any atom is -0.491 e. The van der Waals surface area contributed by atoms with Gasteiger partial charge in [-0.15, -0.1) is 11.8 Å². The number of hydrogen-bond donors (Lipinski definition) is 0. The third-order valence-corrected chi connectivity index (χ3v) is 3.42. The summed E-state index contributed by atoms with van der Waals surface area (Å²) in [6.07, 6.45) is 2.08. The van der Waals surface area contributed by atoms with Crippen LogP contribution in [-0.4, -0.2) is 12.4 Å². The molecule has 0 spiro atoms. The summed E-state index contributed by atoms with van der Waals surface area (Å²) in [7, 11) is 0. The van der Waals surface area contributed by atoms with Crippen molar-refractivity contribution in [1.82, 2.24) is 0 Å². The molecule has 108 valence electrons. The normalized spacial score (nSPS) is 10.2. The van der Waals surface area contributed by atoms with Gasteiger partial charge in [0.15, 0.2) is 0 Å². The zero-order valence-electron chi connectivity index (χ0n) is 12.3. The number of thioether (sulfide) groups is 1. The van der Waals surface area contributed by atoms with E-state index in [1.807, 2.05) is 44.4 Å². The number of nitrogens with zero attached hydrogens (tertiary/aromatic N) is 1. The molecule has 0 aliphatic heterocycles. The SMILES string of the molecule is CSc1ccc(Oc2cc(C#N)cc(OC(C)C)c2)cc1. The number of hydrogen-bond acceptors (Lipinski definition) is 4. The molecule has 0 aliphatic rings. The molecule has 2 aromatic carbocycles. The molecule has 0 N–H and O–H groups in total. The van der Waals surface area contributed by atoms with Crippen LogP contribution in [0.5, 0.6) is 17.2 Å². The Balaban J connectivity index is 2.23. The highest BCUT2D eigenvalue weighted by atomic mass is 32.2. The minimum absolute atomic E-state index is 0.0488. The fourth-order valence-electron chi connectivity index (χ4n) is 1.82. The summed E-state index contributed by atoms with van der Waals surface area (Å²) in [4.78, 5) is 1.18. The van der Waals surface area contributed by atoms with Crippen LogP contribution < -0.4 is 9.47 Å². The molecule has 0 atom stereocenters. The van der Waals surface area contributed by atoms with Crippen LogP contribution in [-0.2, 0) is 0 Å². The summed E-state index contributed by atoms with van der Waals surface area (Å²) in [6.45, 7) is 3.89. The van der Waals surface area contributed by atoms with Crippen LogP contribution in [0.2, 0.25) is 0 Å². The first-order valence-corrected chi connectivity index (χ1v) is 7.87. The van der Waals surface area contributed by atoms with Crippen LogP contribution in [0.3, 0.4) is 0 Å². The highest BCUT2D eigenvalue weighted by Gasteiger charge is 2.06. The first kappa shape index (κ1) is 15.3. The van der Waals surface area contributed by atoms with Crippen LogP contribution in [0.15, 0.2) is 47.4 Å². The minimum atomic E-state index is 0.0488. The molecule has 2 aromatic rings. The molecule has 0 bridgehead atoms. The molecule has 0 unspecified atom stereocenters. The lowest BCUT2D eigenvalue weighted by molar-refractivity contribution is 0.241. The number of nitriles is 1. The molecule has 0 saturated carbocycles. The molecular weight excluding hydrogens is 282 g/mol. The summed E-state index contributed by atoms with van der Waals surface area (Å²) in [5.74, 6) is 1.97. The Morgan fingerprint density at radius 2 is 1.67 bits per heavy atom. The number of ether oxygens (including phenoxy) is 2. The van der Waals surface area contributed by atoms with Crippen LogP contribution in [0.25, 0.3) is 0 Å². The van der Waals surface area contributed by atoms with Crippen LogP contribution in [0, 0.1) is 11.3 Å². The van der Waals surface area contributed by atoms with Gasteiger partial charge in [0.2, 0.25) is 0 Å². The Morgan fingerprint density at radius 3 is 2.24 bits per heavy atom. The first-order chi connectivity index (χ1) is 10.1. The van der Waals surface area contributed by atoms with E-state index < -0.39 is 0 Å². The Morgan fingerprint density at radius 1 is 1.00 bits per heavy atom. The molecular formula is C17H17NO2S. The van der Waals surface area contributed by atoms with E-state index in [1.54, 1.807) is 30.0 Å². The predicted octanol–water partition coefficient (Wildman–Crippen LogP) is 4.86. The Kier molecular flexibility index (Phi) is 5.13. The van der Waals surface area contributed by atoms with Crippen LogP contribution >= 0.6 is 11.8 Å². The van der Waals surface area contributed by atoms with E-state index in [4.69, 9.17) is 14.7 Å². The van der Waals surface area contributed by atoms with Crippen LogP contribution in [0.1, 0.15) is 19.4 Å². The molecule has 0 heterocycles. The van der Waals surface area contributed by atoms with E-state index >= 15 is 0 Å². The first-order valence-electron chi connectivity index (χ1n) is 6.64. The van der Waals surface area contributed by atoms with E-state index in [-0.39, 0.29) is 6.10 Å². The Labute approximate surface area is 129 Å². The van der Waals surface area contributed by atoms with E-state index in [2.05, 4.69) is 6.07 Å². The van der Waals surface area contributed by atoms with Gasteiger partial charge in [-0.3, -0.25) is 0 Å².